The van der Waals surface area contributed by atoms with Gasteiger partial charge in [0.05, 0.1) is 23.6 Å². The third-order valence-corrected chi connectivity index (χ3v) is 13.1. The van der Waals surface area contributed by atoms with Gasteiger partial charge in [0.1, 0.15) is 0 Å². The lowest BCUT2D eigenvalue weighted by Gasteiger charge is -2.53. The standard InChI is InChI=1S/C46H47N3O/c1-3-12-30(13-4-1)39-29-40(31-14-5-2-6-15-31)48-46(47-39)36-19-10-18-34(27-36)32-16-9-17-33(26-32)35-24-25-41-38(28-35)37-20-11-23-44-45(37)49(41)42-21-7-8-22-43(42)50-44/h1-6,9-10,12-19,26-27,29,35,37-38,41-45H,7-8,11,20-25,28H2. The predicted molar refractivity (Wildman–Crippen MR) is 202 cm³/mol. The molecule has 0 N–H and O–H groups in total. The number of hydrogen-bond donors (Lipinski definition) is 0. The lowest BCUT2D eigenvalue weighted by Crippen LogP contribution is -2.63. The molecule has 4 nitrogen and oxygen atoms in total. The summed E-state index contributed by atoms with van der Waals surface area (Å²) < 4.78 is 6.91. The van der Waals surface area contributed by atoms with Crippen LogP contribution in [0.3, 0.4) is 0 Å². The minimum Gasteiger partial charge on any atom is -0.372 e. The minimum absolute atomic E-state index is 0.480. The molecule has 3 heterocycles. The van der Waals surface area contributed by atoms with Gasteiger partial charge in [-0.2, -0.15) is 0 Å². The van der Waals surface area contributed by atoms with Crippen LogP contribution < -0.4 is 0 Å². The Morgan fingerprint density at radius 3 is 1.94 bits per heavy atom. The largest absolute Gasteiger partial charge is 0.372 e. The van der Waals surface area contributed by atoms with Crippen molar-refractivity contribution in [3.8, 4) is 45.0 Å². The molecule has 0 radical (unpaired) electrons. The molecule has 3 aliphatic carbocycles. The van der Waals surface area contributed by atoms with Crippen LogP contribution in [0.2, 0.25) is 0 Å². The van der Waals surface area contributed by atoms with E-state index in [1.807, 2.05) is 0 Å². The molecule has 0 amide bonds. The summed E-state index contributed by atoms with van der Waals surface area (Å²) in [5.74, 6) is 3.01. The predicted octanol–water partition coefficient (Wildman–Crippen LogP) is 10.6. The van der Waals surface area contributed by atoms with Crippen molar-refractivity contribution in [1.82, 2.24) is 14.9 Å². The van der Waals surface area contributed by atoms with Crippen molar-refractivity contribution >= 4 is 0 Å². The zero-order valence-electron chi connectivity index (χ0n) is 28.9. The second-order valence-corrected chi connectivity index (χ2v) is 15.7. The first-order chi connectivity index (χ1) is 24.8. The maximum absolute atomic E-state index is 6.91. The van der Waals surface area contributed by atoms with Crippen LogP contribution in [0.4, 0.5) is 0 Å². The molecular formula is C46H47N3O. The van der Waals surface area contributed by atoms with Gasteiger partial charge < -0.3 is 4.74 Å². The monoisotopic (exact) mass is 657 g/mol. The van der Waals surface area contributed by atoms with Crippen LogP contribution in [0.1, 0.15) is 75.7 Å². The first-order valence-electron chi connectivity index (χ1n) is 19.4. The van der Waals surface area contributed by atoms with Crippen molar-refractivity contribution in [2.45, 2.75) is 100 Å². The van der Waals surface area contributed by atoms with E-state index in [9.17, 15) is 0 Å². The van der Waals surface area contributed by atoms with Crippen LogP contribution in [-0.2, 0) is 4.74 Å². The molecule has 8 unspecified atom stereocenters. The summed E-state index contributed by atoms with van der Waals surface area (Å²) in [6.07, 6.45) is 14.3. The number of rotatable bonds is 5. The molecule has 5 aliphatic rings. The van der Waals surface area contributed by atoms with E-state index >= 15 is 0 Å². The van der Waals surface area contributed by atoms with E-state index < -0.39 is 0 Å². The van der Waals surface area contributed by atoms with E-state index in [-0.39, 0.29) is 0 Å². The SMILES string of the molecule is c1ccc(-c2cc(-c3ccccc3)nc(-c3cccc(-c4cccc(C5CCC6C(C5)C5CCCC7OC8CCCCC8N6C75)c4)c3)n2)cc1. The molecule has 1 aromatic heterocycles. The third kappa shape index (κ3) is 5.43. The Hall–Kier alpha value is -4.12. The highest BCUT2D eigenvalue weighted by Crippen LogP contribution is 2.56. The van der Waals surface area contributed by atoms with Gasteiger partial charge in [-0.05, 0) is 91.5 Å². The topological polar surface area (TPSA) is 38.2 Å². The second kappa shape index (κ2) is 12.9. The summed E-state index contributed by atoms with van der Waals surface area (Å²) in [7, 11) is 0. The number of hydrogen-bond acceptors (Lipinski definition) is 4. The number of morpholine rings is 1. The Labute approximate surface area is 297 Å². The van der Waals surface area contributed by atoms with Gasteiger partial charge in [0.2, 0.25) is 0 Å². The number of ether oxygens (including phenoxy) is 1. The molecular weight excluding hydrogens is 611 g/mol. The molecule has 252 valence electrons. The summed E-state index contributed by atoms with van der Waals surface area (Å²) >= 11 is 0. The van der Waals surface area contributed by atoms with Gasteiger partial charge in [-0.3, -0.25) is 4.90 Å². The van der Waals surface area contributed by atoms with Gasteiger partial charge in [0, 0.05) is 34.8 Å². The number of aromatic nitrogens is 2. The molecule has 0 spiro atoms. The fraction of sp³-hybridized carbons (Fsp3) is 0.391. The van der Waals surface area contributed by atoms with Crippen LogP contribution in [0.5, 0.6) is 0 Å². The molecule has 5 fully saturated rings. The van der Waals surface area contributed by atoms with E-state index in [4.69, 9.17) is 14.7 Å². The molecule has 10 rings (SSSR count). The van der Waals surface area contributed by atoms with E-state index in [2.05, 4.69) is 120 Å². The summed E-state index contributed by atoms with van der Waals surface area (Å²) in [6, 6.07) is 43.4. The highest BCUT2D eigenvalue weighted by molar-refractivity contribution is 5.75. The van der Waals surface area contributed by atoms with Crippen molar-refractivity contribution in [1.29, 1.82) is 0 Å². The van der Waals surface area contributed by atoms with Crippen LogP contribution in [0, 0.1) is 11.8 Å². The Morgan fingerprint density at radius 2 is 1.16 bits per heavy atom. The van der Waals surface area contributed by atoms with E-state index in [1.54, 1.807) is 0 Å². The van der Waals surface area contributed by atoms with E-state index in [0.717, 1.165) is 51.8 Å². The molecule has 8 atom stereocenters. The fourth-order valence-corrected chi connectivity index (χ4v) is 10.9. The van der Waals surface area contributed by atoms with E-state index in [0.29, 0.717) is 30.2 Å². The maximum atomic E-state index is 6.91. The van der Waals surface area contributed by atoms with Gasteiger partial charge in [-0.25, -0.2) is 9.97 Å². The van der Waals surface area contributed by atoms with Gasteiger partial charge in [0.15, 0.2) is 5.82 Å². The Balaban J connectivity index is 0.944. The second-order valence-electron chi connectivity index (χ2n) is 15.7. The average Bonchev–Trinajstić information content (AvgIpc) is 3.54. The molecule has 3 saturated carbocycles. The average molecular weight is 658 g/mol. The molecule has 5 aromatic rings. The summed E-state index contributed by atoms with van der Waals surface area (Å²) in [4.78, 5) is 13.3. The minimum atomic E-state index is 0.480. The lowest BCUT2D eigenvalue weighted by atomic mass is 9.68. The normalized spacial score (nSPS) is 30.2. The zero-order valence-corrected chi connectivity index (χ0v) is 28.9. The van der Waals surface area contributed by atoms with Crippen LogP contribution in [0.15, 0.2) is 115 Å². The van der Waals surface area contributed by atoms with Gasteiger partial charge in [0.25, 0.3) is 0 Å². The van der Waals surface area contributed by atoms with Gasteiger partial charge in [-0.15, -0.1) is 0 Å². The molecule has 2 saturated heterocycles. The zero-order chi connectivity index (χ0) is 33.0. The summed E-state index contributed by atoms with van der Waals surface area (Å²) in [5, 5.41) is 0. The summed E-state index contributed by atoms with van der Waals surface area (Å²) in [5.41, 5.74) is 9.15. The summed E-state index contributed by atoms with van der Waals surface area (Å²) in [6.45, 7) is 0. The molecule has 0 bridgehead atoms. The Morgan fingerprint density at radius 1 is 0.500 bits per heavy atom. The number of benzene rings is 4. The third-order valence-electron chi connectivity index (χ3n) is 13.1. The van der Waals surface area contributed by atoms with E-state index in [1.165, 1.54) is 80.9 Å². The highest BCUT2D eigenvalue weighted by Gasteiger charge is 2.59. The molecule has 2 aliphatic heterocycles. The van der Waals surface area contributed by atoms with Crippen molar-refractivity contribution < 1.29 is 4.74 Å². The number of nitrogens with zero attached hydrogens (tertiary/aromatic N) is 3. The van der Waals surface area contributed by atoms with Gasteiger partial charge >= 0.3 is 0 Å². The number of fused-ring (bicyclic) bond motifs is 5. The molecule has 4 heteroatoms. The van der Waals surface area contributed by atoms with Crippen LogP contribution in [0.25, 0.3) is 45.0 Å². The molecule has 50 heavy (non-hydrogen) atoms. The van der Waals surface area contributed by atoms with Gasteiger partial charge in [-0.1, -0.05) is 122 Å². The Bertz CT molecular complexity index is 1920. The highest BCUT2D eigenvalue weighted by atomic mass is 16.5. The Kier molecular flexibility index (Phi) is 7.91. The first-order valence-corrected chi connectivity index (χ1v) is 19.4. The van der Waals surface area contributed by atoms with Crippen LogP contribution in [-0.4, -0.2) is 45.2 Å². The lowest BCUT2D eigenvalue weighted by molar-refractivity contribution is -0.177. The molecule has 4 aromatic carbocycles. The maximum Gasteiger partial charge on any atom is 0.160 e. The van der Waals surface area contributed by atoms with Crippen molar-refractivity contribution in [2.75, 3.05) is 0 Å². The first kappa shape index (κ1) is 30.7. The van der Waals surface area contributed by atoms with Crippen molar-refractivity contribution in [2.24, 2.45) is 11.8 Å². The smallest absolute Gasteiger partial charge is 0.160 e. The fourth-order valence-electron chi connectivity index (χ4n) is 10.9. The van der Waals surface area contributed by atoms with Crippen LogP contribution >= 0.6 is 0 Å². The quantitative estimate of drug-likeness (QED) is 0.189. The van der Waals surface area contributed by atoms with Crippen molar-refractivity contribution in [3.63, 3.8) is 0 Å². The van der Waals surface area contributed by atoms with Crippen molar-refractivity contribution in [3.05, 3.63) is 121 Å².